The quantitative estimate of drug-likeness (QED) is 0.744. The predicted octanol–water partition coefficient (Wildman–Crippen LogP) is 4.42. The van der Waals surface area contributed by atoms with Crippen LogP contribution in [0.5, 0.6) is 0 Å². The Labute approximate surface area is 119 Å². The van der Waals surface area contributed by atoms with Crippen LogP contribution in [0.3, 0.4) is 0 Å². The standard InChI is InChI=1S/C18H18FN/c19-17-11-5-4-10-16(17)14-18(20-12-6-7-13-20)15-8-2-1-3-9-15/h1-5,8-11,14H,6-7,12-13H2. The van der Waals surface area contributed by atoms with Crippen LogP contribution >= 0.6 is 0 Å². The van der Waals surface area contributed by atoms with Gasteiger partial charge in [0.1, 0.15) is 5.82 Å². The van der Waals surface area contributed by atoms with Crippen molar-refractivity contribution in [1.29, 1.82) is 0 Å². The number of halogens is 1. The lowest BCUT2D eigenvalue weighted by Crippen LogP contribution is -2.17. The second-order valence-electron chi connectivity index (χ2n) is 5.11. The normalized spacial score (nSPS) is 15.7. The Kier molecular flexibility index (Phi) is 3.82. The van der Waals surface area contributed by atoms with Gasteiger partial charge in [-0.3, -0.25) is 0 Å². The first kappa shape index (κ1) is 12.9. The molecule has 20 heavy (non-hydrogen) atoms. The average Bonchev–Trinajstić information content (AvgIpc) is 3.01. The molecule has 2 aromatic carbocycles. The van der Waals surface area contributed by atoms with E-state index in [4.69, 9.17) is 0 Å². The first-order chi connectivity index (χ1) is 9.84. The topological polar surface area (TPSA) is 3.24 Å². The number of hydrogen-bond acceptors (Lipinski definition) is 1. The number of hydrogen-bond donors (Lipinski definition) is 0. The minimum absolute atomic E-state index is 0.167. The molecule has 1 aliphatic heterocycles. The molecule has 0 spiro atoms. The molecule has 0 bridgehead atoms. The lowest BCUT2D eigenvalue weighted by molar-refractivity contribution is 0.495. The Morgan fingerprint density at radius 2 is 1.55 bits per heavy atom. The molecule has 2 heteroatoms. The number of nitrogens with zero attached hydrogens (tertiary/aromatic N) is 1. The molecule has 3 rings (SSSR count). The molecule has 1 aliphatic rings. The van der Waals surface area contributed by atoms with Crippen molar-refractivity contribution in [2.75, 3.05) is 13.1 Å². The van der Waals surface area contributed by atoms with Crippen LogP contribution in [0.15, 0.2) is 54.6 Å². The summed E-state index contributed by atoms with van der Waals surface area (Å²) in [7, 11) is 0. The van der Waals surface area contributed by atoms with Gasteiger partial charge in [-0.25, -0.2) is 4.39 Å². The summed E-state index contributed by atoms with van der Waals surface area (Å²) >= 11 is 0. The summed E-state index contributed by atoms with van der Waals surface area (Å²) in [5.41, 5.74) is 2.92. The number of rotatable bonds is 3. The molecule has 0 N–H and O–H groups in total. The van der Waals surface area contributed by atoms with Crippen molar-refractivity contribution in [3.05, 3.63) is 71.5 Å². The lowest BCUT2D eigenvalue weighted by atomic mass is 10.1. The van der Waals surface area contributed by atoms with E-state index >= 15 is 0 Å². The van der Waals surface area contributed by atoms with E-state index in [1.54, 1.807) is 6.07 Å². The van der Waals surface area contributed by atoms with Crippen molar-refractivity contribution in [2.45, 2.75) is 12.8 Å². The van der Waals surface area contributed by atoms with Crippen molar-refractivity contribution in [3.8, 4) is 0 Å². The van der Waals surface area contributed by atoms with Gasteiger partial charge in [-0.2, -0.15) is 0 Å². The van der Waals surface area contributed by atoms with Gasteiger partial charge in [0.15, 0.2) is 0 Å². The van der Waals surface area contributed by atoms with Gasteiger partial charge >= 0.3 is 0 Å². The highest BCUT2D eigenvalue weighted by molar-refractivity contribution is 5.80. The van der Waals surface area contributed by atoms with E-state index in [-0.39, 0.29) is 5.82 Å². The third kappa shape index (κ3) is 2.74. The summed E-state index contributed by atoms with van der Waals surface area (Å²) in [5.74, 6) is -0.167. The Bertz CT molecular complexity index is 598. The number of likely N-dealkylation sites (tertiary alicyclic amines) is 1. The van der Waals surface area contributed by atoms with Crippen molar-refractivity contribution in [3.63, 3.8) is 0 Å². The third-order valence-corrected chi connectivity index (χ3v) is 3.71. The Morgan fingerprint density at radius 3 is 2.25 bits per heavy atom. The molecule has 1 fully saturated rings. The summed E-state index contributed by atoms with van der Waals surface area (Å²) < 4.78 is 13.9. The molecule has 1 saturated heterocycles. The zero-order valence-electron chi connectivity index (χ0n) is 11.4. The molecule has 0 aromatic heterocycles. The van der Waals surface area contributed by atoms with E-state index in [2.05, 4.69) is 17.0 Å². The maximum absolute atomic E-state index is 13.9. The summed E-state index contributed by atoms with van der Waals surface area (Å²) in [6, 6.07) is 17.2. The van der Waals surface area contributed by atoms with Crippen LogP contribution < -0.4 is 0 Å². The largest absolute Gasteiger partial charge is 0.371 e. The highest BCUT2D eigenvalue weighted by Gasteiger charge is 2.16. The van der Waals surface area contributed by atoms with Crippen molar-refractivity contribution in [2.24, 2.45) is 0 Å². The van der Waals surface area contributed by atoms with Crippen molar-refractivity contribution < 1.29 is 4.39 Å². The molecular formula is C18H18FN. The van der Waals surface area contributed by atoms with Crippen LogP contribution in [-0.2, 0) is 0 Å². The maximum atomic E-state index is 13.9. The SMILES string of the molecule is Fc1ccccc1C=C(c1ccccc1)N1CCCC1. The minimum Gasteiger partial charge on any atom is -0.371 e. The third-order valence-electron chi connectivity index (χ3n) is 3.71. The van der Waals surface area contributed by atoms with E-state index in [9.17, 15) is 4.39 Å². The van der Waals surface area contributed by atoms with Crippen LogP contribution in [0.2, 0.25) is 0 Å². The van der Waals surface area contributed by atoms with E-state index in [0.29, 0.717) is 5.56 Å². The first-order valence-corrected chi connectivity index (χ1v) is 7.11. The highest BCUT2D eigenvalue weighted by atomic mass is 19.1. The molecule has 102 valence electrons. The maximum Gasteiger partial charge on any atom is 0.130 e. The summed E-state index contributed by atoms with van der Waals surface area (Å²) in [5, 5.41) is 0. The van der Waals surface area contributed by atoms with Gasteiger partial charge in [-0.15, -0.1) is 0 Å². The average molecular weight is 267 g/mol. The second kappa shape index (κ2) is 5.91. The van der Waals surface area contributed by atoms with Gasteiger partial charge in [0, 0.05) is 24.4 Å². The molecule has 0 amide bonds. The minimum atomic E-state index is -0.167. The molecule has 2 aromatic rings. The summed E-state index contributed by atoms with van der Waals surface area (Å²) in [4.78, 5) is 2.35. The molecule has 0 radical (unpaired) electrons. The Hall–Kier alpha value is -2.09. The second-order valence-corrected chi connectivity index (χ2v) is 5.11. The van der Waals surface area contributed by atoms with Gasteiger partial charge in [-0.1, -0.05) is 48.5 Å². The highest BCUT2D eigenvalue weighted by Crippen LogP contribution is 2.26. The molecular weight excluding hydrogens is 249 g/mol. The van der Waals surface area contributed by atoms with Gasteiger partial charge in [0.25, 0.3) is 0 Å². The van der Waals surface area contributed by atoms with E-state index in [1.165, 1.54) is 18.9 Å². The molecule has 0 aliphatic carbocycles. The van der Waals surface area contributed by atoms with Gasteiger partial charge < -0.3 is 4.90 Å². The zero-order chi connectivity index (χ0) is 13.8. The van der Waals surface area contributed by atoms with Crippen LogP contribution in [0, 0.1) is 5.82 Å². The van der Waals surface area contributed by atoms with Gasteiger partial charge in [0.2, 0.25) is 0 Å². The van der Waals surface area contributed by atoms with Crippen LogP contribution in [0.25, 0.3) is 11.8 Å². The molecule has 1 heterocycles. The summed E-state index contributed by atoms with van der Waals surface area (Å²) in [6.07, 6.45) is 4.39. The zero-order valence-corrected chi connectivity index (χ0v) is 11.4. The fourth-order valence-corrected chi connectivity index (χ4v) is 2.66. The van der Waals surface area contributed by atoms with Crippen molar-refractivity contribution >= 4 is 11.8 Å². The monoisotopic (exact) mass is 267 g/mol. The number of benzene rings is 2. The Morgan fingerprint density at radius 1 is 0.900 bits per heavy atom. The fraction of sp³-hybridized carbons (Fsp3) is 0.222. The summed E-state index contributed by atoms with van der Waals surface area (Å²) in [6.45, 7) is 2.10. The smallest absolute Gasteiger partial charge is 0.130 e. The van der Waals surface area contributed by atoms with Gasteiger partial charge in [0.05, 0.1) is 0 Å². The predicted molar refractivity (Wildman–Crippen MR) is 81.5 cm³/mol. The first-order valence-electron chi connectivity index (χ1n) is 7.11. The lowest BCUT2D eigenvalue weighted by Gasteiger charge is -2.22. The van der Waals surface area contributed by atoms with Gasteiger partial charge in [-0.05, 0) is 30.5 Å². The fourth-order valence-electron chi connectivity index (χ4n) is 2.66. The van der Waals surface area contributed by atoms with Crippen LogP contribution in [0.1, 0.15) is 24.0 Å². The van der Waals surface area contributed by atoms with E-state index in [1.807, 2.05) is 36.4 Å². The van der Waals surface area contributed by atoms with Crippen molar-refractivity contribution in [1.82, 2.24) is 4.90 Å². The van der Waals surface area contributed by atoms with Crippen LogP contribution in [-0.4, -0.2) is 18.0 Å². The molecule has 0 saturated carbocycles. The van der Waals surface area contributed by atoms with E-state index < -0.39 is 0 Å². The molecule has 1 nitrogen and oxygen atoms in total. The van der Waals surface area contributed by atoms with Crippen LogP contribution in [0.4, 0.5) is 4.39 Å². The molecule has 0 atom stereocenters. The Balaban J connectivity index is 2.03. The molecule has 0 unspecified atom stereocenters. The van der Waals surface area contributed by atoms with E-state index in [0.717, 1.165) is 24.4 Å².